The molecule has 2 aromatic carbocycles. The summed E-state index contributed by atoms with van der Waals surface area (Å²) < 4.78 is 0. The summed E-state index contributed by atoms with van der Waals surface area (Å²) in [5.74, 6) is 0.0798. The zero-order valence-corrected chi connectivity index (χ0v) is 16.2. The molecule has 4 rings (SSSR count). The van der Waals surface area contributed by atoms with Gasteiger partial charge in [0.1, 0.15) is 0 Å². The molecule has 2 aromatic rings. The number of rotatable bonds is 7. The minimum atomic E-state index is -0.201. The van der Waals surface area contributed by atoms with Crippen molar-refractivity contribution >= 4 is 23.2 Å². The Bertz CT molecular complexity index is 947. The minimum Gasteiger partial charge on any atom is -0.325 e. The molecule has 2 atom stereocenters. The lowest BCUT2D eigenvalue weighted by Crippen LogP contribution is -2.24. The highest BCUT2D eigenvalue weighted by molar-refractivity contribution is 6.30. The maximum atomic E-state index is 13.0. The number of anilines is 1. The topological polar surface area (TPSA) is 63.2 Å². The maximum absolute atomic E-state index is 13.0. The lowest BCUT2D eigenvalue weighted by atomic mass is 9.83. The Morgan fingerprint density at radius 2 is 1.64 bits per heavy atom. The fourth-order valence-electron chi connectivity index (χ4n) is 4.20. The predicted molar refractivity (Wildman–Crippen MR) is 109 cm³/mol. The van der Waals surface area contributed by atoms with Crippen molar-refractivity contribution in [1.29, 1.82) is 0 Å². The summed E-state index contributed by atoms with van der Waals surface area (Å²) in [4.78, 5) is 38.5. The molecule has 1 fully saturated rings. The van der Waals surface area contributed by atoms with Gasteiger partial charge >= 0.3 is 0 Å². The van der Waals surface area contributed by atoms with Crippen LogP contribution < -0.4 is 5.32 Å². The lowest BCUT2D eigenvalue weighted by Gasteiger charge is -2.20. The molecule has 0 radical (unpaired) electrons. The Morgan fingerprint density at radius 1 is 0.929 bits per heavy atom. The van der Waals surface area contributed by atoms with E-state index in [0.717, 1.165) is 12.8 Å². The van der Waals surface area contributed by atoms with E-state index in [4.69, 9.17) is 0 Å². The van der Waals surface area contributed by atoms with E-state index >= 15 is 0 Å². The third-order valence-corrected chi connectivity index (χ3v) is 5.90. The number of ketones is 2. The van der Waals surface area contributed by atoms with Crippen LogP contribution in [0, 0.1) is 11.8 Å². The van der Waals surface area contributed by atoms with Gasteiger partial charge in [0.25, 0.3) is 0 Å². The highest BCUT2D eigenvalue weighted by atomic mass is 16.2. The minimum absolute atomic E-state index is 0.0270. The molecule has 1 amide bonds. The summed E-state index contributed by atoms with van der Waals surface area (Å²) in [6, 6.07) is 12.0. The molecule has 0 heterocycles. The van der Waals surface area contributed by atoms with Gasteiger partial charge in [0.15, 0.2) is 11.6 Å². The van der Waals surface area contributed by atoms with Crippen LogP contribution in [0.1, 0.15) is 77.3 Å². The molecule has 2 unspecified atom stereocenters. The second-order valence-electron chi connectivity index (χ2n) is 7.87. The van der Waals surface area contributed by atoms with Crippen LogP contribution in [0.3, 0.4) is 0 Å². The van der Waals surface area contributed by atoms with Gasteiger partial charge in [-0.1, -0.05) is 69.0 Å². The Kier molecular flexibility index (Phi) is 5.12. The van der Waals surface area contributed by atoms with Crippen molar-refractivity contribution in [1.82, 2.24) is 0 Å². The normalized spacial score (nSPS) is 19.8. The molecule has 2 aliphatic carbocycles. The van der Waals surface area contributed by atoms with Crippen molar-refractivity contribution in [2.45, 2.75) is 45.4 Å². The molecule has 4 heteroatoms. The van der Waals surface area contributed by atoms with Crippen LogP contribution in [-0.2, 0) is 4.79 Å². The number of benzene rings is 2. The van der Waals surface area contributed by atoms with Crippen LogP contribution in [0.4, 0.5) is 5.69 Å². The van der Waals surface area contributed by atoms with Gasteiger partial charge in [0, 0.05) is 22.6 Å². The number of hydrogen-bond donors (Lipinski definition) is 1. The van der Waals surface area contributed by atoms with E-state index in [-0.39, 0.29) is 23.4 Å². The Balaban J connectivity index is 1.50. The van der Waals surface area contributed by atoms with Gasteiger partial charge < -0.3 is 5.32 Å². The fraction of sp³-hybridized carbons (Fsp3) is 0.375. The smallest absolute Gasteiger partial charge is 0.227 e. The van der Waals surface area contributed by atoms with Crippen molar-refractivity contribution in [2.75, 3.05) is 5.32 Å². The highest BCUT2D eigenvalue weighted by Gasteiger charge is 2.42. The number of carbonyl (C=O) groups excluding carboxylic acids is 3. The van der Waals surface area contributed by atoms with E-state index < -0.39 is 0 Å². The van der Waals surface area contributed by atoms with Gasteiger partial charge in [0.2, 0.25) is 5.91 Å². The van der Waals surface area contributed by atoms with Gasteiger partial charge in [-0.2, -0.15) is 0 Å². The molecule has 1 saturated carbocycles. The molecular formula is C24H25NO3. The molecule has 0 saturated heterocycles. The number of nitrogens with one attached hydrogen (secondary N) is 1. The molecule has 0 spiro atoms. The molecule has 0 aliphatic heterocycles. The van der Waals surface area contributed by atoms with Crippen molar-refractivity contribution in [2.24, 2.45) is 11.8 Å². The van der Waals surface area contributed by atoms with Crippen molar-refractivity contribution in [3.8, 4) is 0 Å². The monoisotopic (exact) mass is 375 g/mol. The van der Waals surface area contributed by atoms with E-state index in [0.29, 0.717) is 33.9 Å². The summed E-state index contributed by atoms with van der Waals surface area (Å²) in [5.41, 5.74) is 1.97. The van der Waals surface area contributed by atoms with Crippen molar-refractivity contribution in [3.63, 3.8) is 0 Å². The molecule has 0 bridgehead atoms. The first-order valence-electron chi connectivity index (χ1n) is 10.2. The molecule has 2 aliphatic rings. The van der Waals surface area contributed by atoms with E-state index in [9.17, 15) is 14.4 Å². The zero-order chi connectivity index (χ0) is 19.7. The Morgan fingerprint density at radius 3 is 2.39 bits per heavy atom. The molecule has 4 nitrogen and oxygen atoms in total. The van der Waals surface area contributed by atoms with E-state index in [1.165, 1.54) is 25.7 Å². The number of amides is 1. The zero-order valence-electron chi connectivity index (χ0n) is 16.2. The second kappa shape index (κ2) is 7.70. The largest absolute Gasteiger partial charge is 0.325 e. The fourth-order valence-corrected chi connectivity index (χ4v) is 4.20. The average Bonchev–Trinajstić information content (AvgIpc) is 3.49. The summed E-state index contributed by atoms with van der Waals surface area (Å²) >= 11 is 0. The predicted octanol–water partition coefficient (Wildman–Crippen LogP) is 5.01. The first-order chi connectivity index (χ1) is 13.6. The Labute approximate surface area is 165 Å². The number of fused-ring (bicyclic) bond motifs is 2. The summed E-state index contributed by atoms with van der Waals surface area (Å²) in [5, 5.41) is 2.93. The van der Waals surface area contributed by atoms with Gasteiger partial charge in [-0.25, -0.2) is 0 Å². The SMILES string of the molecule is CCCCCCC1CC1C(=O)Nc1cccc2c1C(=O)c1ccccc1C2=O. The van der Waals surface area contributed by atoms with E-state index in [2.05, 4.69) is 12.2 Å². The quantitative estimate of drug-likeness (QED) is 0.591. The van der Waals surface area contributed by atoms with E-state index in [1.54, 1.807) is 42.5 Å². The van der Waals surface area contributed by atoms with Crippen molar-refractivity contribution in [3.05, 3.63) is 64.7 Å². The third kappa shape index (κ3) is 3.39. The summed E-state index contributed by atoms with van der Waals surface area (Å²) in [6.45, 7) is 2.19. The standard InChI is InChI=1S/C24H25NO3/c1-2-3-4-5-9-15-14-19(15)24(28)25-20-13-8-12-18-21(20)23(27)17-11-7-6-10-16(17)22(18)26/h6-8,10-13,15,19H,2-5,9,14H2,1H3,(H,25,28). The number of carbonyl (C=O) groups is 3. The van der Waals surface area contributed by atoms with Crippen molar-refractivity contribution < 1.29 is 14.4 Å². The van der Waals surface area contributed by atoms with Gasteiger partial charge in [0.05, 0.1) is 11.3 Å². The van der Waals surface area contributed by atoms with Crippen LogP contribution in [0.15, 0.2) is 42.5 Å². The maximum Gasteiger partial charge on any atom is 0.227 e. The second-order valence-corrected chi connectivity index (χ2v) is 7.87. The third-order valence-electron chi connectivity index (χ3n) is 5.90. The number of unbranched alkanes of at least 4 members (excludes halogenated alkanes) is 3. The van der Waals surface area contributed by atoms with Crippen LogP contribution in [0.25, 0.3) is 0 Å². The summed E-state index contributed by atoms with van der Waals surface area (Å²) in [7, 11) is 0. The Hall–Kier alpha value is -2.75. The molecule has 144 valence electrons. The summed E-state index contributed by atoms with van der Waals surface area (Å²) in [6.07, 6.45) is 6.87. The van der Waals surface area contributed by atoms with Crippen LogP contribution in [0.5, 0.6) is 0 Å². The van der Waals surface area contributed by atoms with Gasteiger partial charge in [-0.15, -0.1) is 0 Å². The van der Waals surface area contributed by atoms with Crippen LogP contribution in [0.2, 0.25) is 0 Å². The van der Waals surface area contributed by atoms with Gasteiger partial charge in [-0.05, 0) is 24.8 Å². The van der Waals surface area contributed by atoms with Gasteiger partial charge in [-0.3, -0.25) is 14.4 Å². The first-order valence-corrected chi connectivity index (χ1v) is 10.2. The lowest BCUT2D eigenvalue weighted by molar-refractivity contribution is -0.117. The first kappa shape index (κ1) is 18.6. The molecule has 1 N–H and O–H groups in total. The van der Waals surface area contributed by atoms with E-state index in [1.807, 2.05) is 0 Å². The highest BCUT2D eigenvalue weighted by Crippen LogP contribution is 2.43. The molecule has 0 aromatic heterocycles. The molecule has 28 heavy (non-hydrogen) atoms. The average molecular weight is 375 g/mol. The van der Waals surface area contributed by atoms with Crippen LogP contribution in [-0.4, -0.2) is 17.5 Å². The number of hydrogen-bond acceptors (Lipinski definition) is 3. The van der Waals surface area contributed by atoms with Crippen LogP contribution >= 0.6 is 0 Å². The molecular weight excluding hydrogens is 350 g/mol.